The van der Waals surface area contributed by atoms with Crippen LogP contribution >= 0.6 is 0 Å². The minimum atomic E-state index is -0.187. The van der Waals surface area contributed by atoms with Crippen molar-refractivity contribution in [2.24, 2.45) is 0 Å². The van der Waals surface area contributed by atoms with Gasteiger partial charge in [-0.2, -0.15) is 0 Å². The van der Waals surface area contributed by atoms with E-state index < -0.39 is 0 Å². The number of hydrogen-bond donors (Lipinski definition) is 2. The molecule has 3 N–H and O–H groups in total. The van der Waals surface area contributed by atoms with E-state index in [2.05, 4.69) is 5.43 Å². The number of anilines is 1. The summed E-state index contributed by atoms with van der Waals surface area (Å²) >= 11 is 0. The third kappa shape index (κ3) is 2.47. The van der Waals surface area contributed by atoms with E-state index in [0.29, 0.717) is 11.3 Å². The standard InChI is InChI=1S/C10H15N3O/c1-7-4-5-8(9(11)6-7)10(14)12-13(2)3/h4-6H,11H2,1-3H3,(H,12,14). The van der Waals surface area contributed by atoms with Gasteiger partial charge in [0.2, 0.25) is 0 Å². The molecule has 0 aliphatic carbocycles. The quantitative estimate of drug-likeness (QED) is 0.539. The van der Waals surface area contributed by atoms with Crippen LogP contribution in [0.2, 0.25) is 0 Å². The van der Waals surface area contributed by atoms with Gasteiger partial charge < -0.3 is 5.73 Å². The molecule has 0 aliphatic rings. The van der Waals surface area contributed by atoms with Crippen LogP contribution in [0.15, 0.2) is 18.2 Å². The van der Waals surface area contributed by atoms with Gasteiger partial charge in [-0.1, -0.05) is 6.07 Å². The van der Waals surface area contributed by atoms with Gasteiger partial charge in [-0.15, -0.1) is 0 Å². The zero-order valence-electron chi connectivity index (χ0n) is 8.66. The summed E-state index contributed by atoms with van der Waals surface area (Å²) in [5.74, 6) is -0.187. The second-order valence-electron chi connectivity index (χ2n) is 3.43. The molecule has 0 bridgehead atoms. The van der Waals surface area contributed by atoms with Crippen molar-refractivity contribution in [3.63, 3.8) is 0 Å². The highest BCUT2D eigenvalue weighted by atomic mass is 16.2. The average Bonchev–Trinajstić information content (AvgIpc) is 2.01. The molecule has 0 atom stereocenters. The van der Waals surface area contributed by atoms with E-state index in [9.17, 15) is 4.79 Å². The zero-order valence-corrected chi connectivity index (χ0v) is 8.66. The number of carbonyl (C=O) groups excluding carboxylic acids is 1. The van der Waals surface area contributed by atoms with Crippen LogP contribution in [0.25, 0.3) is 0 Å². The molecular formula is C10H15N3O. The van der Waals surface area contributed by atoms with Gasteiger partial charge in [0.25, 0.3) is 5.91 Å². The second-order valence-corrected chi connectivity index (χ2v) is 3.43. The first-order chi connectivity index (χ1) is 6.50. The van der Waals surface area contributed by atoms with E-state index in [1.165, 1.54) is 0 Å². The van der Waals surface area contributed by atoms with Crippen molar-refractivity contribution in [1.82, 2.24) is 10.4 Å². The summed E-state index contributed by atoms with van der Waals surface area (Å²) in [6.45, 7) is 1.93. The highest BCUT2D eigenvalue weighted by Crippen LogP contribution is 2.13. The lowest BCUT2D eigenvalue weighted by Gasteiger charge is -2.13. The topological polar surface area (TPSA) is 58.4 Å². The number of nitrogen functional groups attached to an aromatic ring is 1. The molecule has 0 aliphatic heterocycles. The van der Waals surface area contributed by atoms with E-state index in [0.717, 1.165) is 5.56 Å². The third-order valence-electron chi connectivity index (χ3n) is 1.78. The fraction of sp³-hybridized carbons (Fsp3) is 0.300. The first kappa shape index (κ1) is 10.5. The Bertz CT molecular complexity index is 347. The number of hydrazine groups is 1. The van der Waals surface area contributed by atoms with Crippen molar-refractivity contribution in [3.05, 3.63) is 29.3 Å². The first-order valence-corrected chi connectivity index (χ1v) is 4.35. The molecule has 0 saturated carbocycles. The van der Waals surface area contributed by atoms with E-state index in [4.69, 9.17) is 5.73 Å². The molecule has 0 fully saturated rings. The SMILES string of the molecule is Cc1ccc(C(=O)NN(C)C)c(N)c1. The minimum absolute atomic E-state index is 0.187. The average molecular weight is 193 g/mol. The molecule has 14 heavy (non-hydrogen) atoms. The molecule has 0 unspecified atom stereocenters. The van der Waals surface area contributed by atoms with Gasteiger partial charge in [-0.3, -0.25) is 10.2 Å². The largest absolute Gasteiger partial charge is 0.398 e. The third-order valence-corrected chi connectivity index (χ3v) is 1.78. The van der Waals surface area contributed by atoms with Gasteiger partial charge in [-0.05, 0) is 24.6 Å². The Labute approximate surface area is 83.7 Å². The number of amides is 1. The summed E-state index contributed by atoms with van der Waals surface area (Å²) in [7, 11) is 3.50. The molecule has 0 radical (unpaired) electrons. The second kappa shape index (κ2) is 4.11. The summed E-state index contributed by atoms with van der Waals surface area (Å²) in [5, 5.41) is 1.58. The van der Waals surface area contributed by atoms with E-state index in [1.807, 2.05) is 13.0 Å². The van der Waals surface area contributed by atoms with Gasteiger partial charge >= 0.3 is 0 Å². The Kier molecular flexibility index (Phi) is 3.09. The molecule has 0 saturated heterocycles. The predicted octanol–water partition coefficient (Wildman–Crippen LogP) is 0.784. The number of nitrogens with one attached hydrogen (secondary N) is 1. The van der Waals surface area contributed by atoms with Gasteiger partial charge in [0.15, 0.2) is 0 Å². The van der Waals surface area contributed by atoms with Crippen LogP contribution in [0, 0.1) is 6.92 Å². The molecule has 0 heterocycles. The molecule has 0 aromatic heterocycles. The van der Waals surface area contributed by atoms with Crippen molar-refractivity contribution < 1.29 is 4.79 Å². The molecule has 1 aromatic carbocycles. The molecule has 1 aromatic rings. The fourth-order valence-corrected chi connectivity index (χ4v) is 1.15. The normalized spacial score (nSPS) is 10.3. The smallest absolute Gasteiger partial charge is 0.267 e. The van der Waals surface area contributed by atoms with Crippen LogP contribution in [0.3, 0.4) is 0 Å². The highest BCUT2D eigenvalue weighted by Gasteiger charge is 2.09. The number of carbonyl (C=O) groups is 1. The molecular weight excluding hydrogens is 178 g/mol. The Hall–Kier alpha value is -1.55. The number of hydrogen-bond acceptors (Lipinski definition) is 3. The lowest BCUT2D eigenvalue weighted by atomic mass is 10.1. The number of rotatable bonds is 2. The molecule has 4 nitrogen and oxygen atoms in total. The van der Waals surface area contributed by atoms with Gasteiger partial charge in [0.1, 0.15) is 0 Å². The maximum atomic E-state index is 11.6. The van der Waals surface area contributed by atoms with Crippen molar-refractivity contribution in [2.45, 2.75) is 6.92 Å². The van der Waals surface area contributed by atoms with Gasteiger partial charge in [0.05, 0.1) is 5.56 Å². The van der Waals surface area contributed by atoms with Gasteiger partial charge in [-0.25, -0.2) is 5.01 Å². The Morgan fingerprint density at radius 2 is 2.07 bits per heavy atom. The Morgan fingerprint density at radius 1 is 1.43 bits per heavy atom. The number of nitrogens with two attached hydrogens (primary N) is 1. The first-order valence-electron chi connectivity index (χ1n) is 4.35. The lowest BCUT2D eigenvalue weighted by molar-refractivity contribution is 0.0858. The Morgan fingerprint density at radius 3 is 2.57 bits per heavy atom. The highest BCUT2D eigenvalue weighted by molar-refractivity contribution is 5.98. The summed E-state index contributed by atoms with van der Waals surface area (Å²) in [4.78, 5) is 11.6. The van der Waals surface area contributed by atoms with E-state index >= 15 is 0 Å². The number of aryl methyl sites for hydroxylation is 1. The number of benzene rings is 1. The maximum absolute atomic E-state index is 11.6. The van der Waals surface area contributed by atoms with Crippen LogP contribution in [0.5, 0.6) is 0 Å². The zero-order chi connectivity index (χ0) is 10.7. The molecule has 76 valence electrons. The molecule has 1 amide bonds. The van der Waals surface area contributed by atoms with Crippen molar-refractivity contribution in [1.29, 1.82) is 0 Å². The van der Waals surface area contributed by atoms with Crippen LogP contribution in [-0.4, -0.2) is 25.0 Å². The lowest BCUT2D eigenvalue weighted by Crippen LogP contribution is -2.36. The van der Waals surface area contributed by atoms with Crippen LogP contribution < -0.4 is 11.2 Å². The monoisotopic (exact) mass is 193 g/mol. The molecule has 1 rings (SSSR count). The van der Waals surface area contributed by atoms with E-state index in [-0.39, 0.29) is 5.91 Å². The minimum Gasteiger partial charge on any atom is -0.398 e. The summed E-state index contributed by atoms with van der Waals surface area (Å²) in [5.41, 5.74) is 10.4. The summed E-state index contributed by atoms with van der Waals surface area (Å²) in [6.07, 6.45) is 0. The van der Waals surface area contributed by atoms with Crippen molar-refractivity contribution in [2.75, 3.05) is 19.8 Å². The molecule has 4 heteroatoms. The fourth-order valence-electron chi connectivity index (χ4n) is 1.15. The van der Waals surface area contributed by atoms with Crippen molar-refractivity contribution in [3.8, 4) is 0 Å². The maximum Gasteiger partial charge on any atom is 0.267 e. The predicted molar refractivity (Wildman–Crippen MR) is 56.7 cm³/mol. The molecule has 0 spiro atoms. The summed E-state index contributed by atoms with van der Waals surface area (Å²) in [6, 6.07) is 5.37. The van der Waals surface area contributed by atoms with E-state index in [1.54, 1.807) is 31.2 Å². The summed E-state index contributed by atoms with van der Waals surface area (Å²) < 4.78 is 0. The Balaban J connectivity index is 2.90. The van der Waals surface area contributed by atoms with Crippen LogP contribution in [-0.2, 0) is 0 Å². The number of nitrogens with zero attached hydrogens (tertiary/aromatic N) is 1. The van der Waals surface area contributed by atoms with Crippen molar-refractivity contribution >= 4 is 11.6 Å². The van der Waals surface area contributed by atoms with Crippen LogP contribution in [0.4, 0.5) is 5.69 Å². The van der Waals surface area contributed by atoms with Crippen LogP contribution in [0.1, 0.15) is 15.9 Å². The van der Waals surface area contributed by atoms with Gasteiger partial charge in [0, 0.05) is 19.8 Å².